The van der Waals surface area contributed by atoms with Crippen molar-refractivity contribution in [3.05, 3.63) is 29.3 Å². The maximum atomic E-state index is 12.5. The Labute approximate surface area is 98.8 Å². The second kappa shape index (κ2) is 3.94. The Morgan fingerprint density at radius 3 is 2.56 bits per heavy atom. The van der Waals surface area contributed by atoms with Gasteiger partial charge in [0.25, 0.3) is 0 Å². The van der Waals surface area contributed by atoms with Crippen LogP contribution in [0.4, 0.5) is 18.9 Å². The van der Waals surface area contributed by atoms with E-state index in [2.05, 4.69) is 4.99 Å². The third kappa shape index (κ3) is 1.99. The number of aliphatic imine (C=N–C) groups is 1. The third-order valence-electron chi connectivity index (χ3n) is 2.50. The molecule has 1 N–H and O–H groups in total. The first-order valence-corrected chi connectivity index (χ1v) is 4.83. The number of carboxylic acids is 1. The molecule has 0 fully saturated rings. The Morgan fingerprint density at radius 2 is 2.00 bits per heavy atom. The Bertz CT molecular complexity index is 563. The molecule has 1 unspecified atom stereocenters. The van der Waals surface area contributed by atoms with E-state index in [1.165, 1.54) is 0 Å². The van der Waals surface area contributed by atoms with Crippen molar-refractivity contribution in [3.63, 3.8) is 0 Å². The molecule has 0 saturated carbocycles. The number of benzene rings is 1. The van der Waals surface area contributed by atoms with Gasteiger partial charge < -0.3 is 5.11 Å². The minimum Gasteiger partial charge on any atom is -0.480 e. The summed E-state index contributed by atoms with van der Waals surface area (Å²) in [5.74, 6) is -3.86. The molecule has 0 aromatic heterocycles. The molecule has 0 amide bonds. The van der Waals surface area contributed by atoms with Gasteiger partial charge in [-0.05, 0) is 18.2 Å². The summed E-state index contributed by atoms with van der Waals surface area (Å²) in [6, 6.07) is 2.47. The van der Waals surface area contributed by atoms with Gasteiger partial charge in [0.05, 0.1) is 11.3 Å². The van der Waals surface area contributed by atoms with Crippen molar-refractivity contribution in [1.82, 2.24) is 0 Å². The SMILES string of the molecule is O=C(O)C1C=Nc2ccc(C(F)(F)F)cc2C1=O. The normalized spacial score (nSPS) is 18.6. The molecular weight excluding hydrogens is 251 g/mol. The molecule has 1 aliphatic heterocycles. The number of hydrogen-bond donors (Lipinski definition) is 1. The summed E-state index contributed by atoms with van der Waals surface area (Å²) in [5, 5.41) is 8.73. The average molecular weight is 257 g/mol. The van der Waals surface area contributed by atoms with Crippen LogP contribution in [-0.4, -0.2) is 23.1 Å². The van der Waals surface area contributed by atoms with Crippen LogP contribution < -0.4 is 0 Å². The molecule has 94 valence electrons. The van der Waals surface area contributed by atoms with E-state index in [9.17, 15) is 22.8 Å². The molecule has 1 aliphatic rings. The van der Waals surface area contributed by atoms with Crippen LogP contribution in [0.15, 0.2) is 23.2 Å². The zero-order valence-corrected chi connectivity index (χ0v) is 8.73. The fourth-order valence-corrected chi connectivity index (χ4v) is 1.59. The van der Waals surface area contributed by atoms with Crippen LogP contribution in [-0.2, 0) is 11.0 Å². The van der Waals surface area contributed by atoms with Gasteiger partial charge >= 0.3 is 12.1 Å². The van der Waals surface area contributed by atoms with Gasteiger partial charge in [-0.3, -0.25) is 14.6 Å². The van der Waals surface area contributed by atoms with Crippen molar-refractivity contribution < 1.29 is 27.9 Å². The number of aliphatic carboxylic acids is 1. The zero-order valence-electron chi connectivity index (χ0n) is 8.73. The van der Waals surface area contributed by atoms with Crippen LogP contribution in [0.5, 0.6) is 0 Å². The molecule has 0 aliphatic carbocycles. The van der Waals surface area contributed by atoms with Gasteiger partial charge in [-0.15, -0.1) is 0 Å². The standard InChI is InChI=1S/C11H6F3NO3/c12-11(13,14)5-1-2-8-6(3-5)9(16)7(4-15-8)10(17)18/h1-4,7H,(H,17,18). The Balaban J connectivity index is 2.52. The number of alkyl halides is 3. The predicted octanol–water partition coefficient (Wildman–Crippen LogP) is 2.30. The lowest BCUT2D eigenvalue weighted by Crippen LogP contribution is -2.27. The number of ketones is 1. The van der Waals surface area contributed by atoms with Gasteiger partial charge in [-0.2, -0.15) is 13.2 Å². The lowest BCUT2D eigenvalue weighted by Gasteiger charge is -2.16. The Hall–Kier alpha value is -2.18. The van der Waals surface area contributed by atoms with Crippen LogP contribution in [0, 0.1) is 5.92 Å². The minimum atomic E-state index is -4.59. The summed E-state index contributed by atoms with van der Waals surface area (Å²) >= 11 is 0. The predicted molar refractivity (Wildman–Crippen MR) is 55.1 cm³/mol. The molecule has 0 saturated heterocycles. The Morgan fingerprint density at radius 1 is 1.33 bits per heavy atom. The van der Waals surface area contributed by atoms with Gasteiger partial charge in [0, 0.05) is 11.8 Å². The molecule has 1 heterocycles. The molecule has 0 bridgehead atoms. The number of nitrogens with zero attached hydrogens (tertiary/aromatic N) is 1. The lowest BCUT2D eigenvalue weighted by atomic mass is 9.93. The maximum absolute atomic E-state index is 12.5. The van der Waals surface area contributed by atoms with Gasteiger partial charge in [-0.25, -0.2) is 0 Å². The third-order valence-corrected chi connectivity index (χ3v) is 2.50. The van der Waals surface area contributed by atoms with E-state index in [0.717, 1.165) is 18.3 Å². The monoisotopic (exact) mass is 257 g/mol. The van der Waals surface area contributed by atoms with Crippen molar-refractivity contribution in [1.29, 1.82) is 0 Å². The van der Waals surface area contributed by atoms with E-state index < -0.39 is 29.4 Å². The summed E-state index contributed by atoms with van der Waals surface area (Å²) in [6.45, 7) is 0. The van der Waals surface area contributed by atoms with E-state index >= 15 is 0 Å². The van der Waals surface area contributed by atoms with Gasteiger partial charge in [0.15, 0.2) is 11.7 Å². The fraction of sp³-hybridized carbons (Fsp3) is 0.182. The van der Waals surface area contributed by atoms with Gasteiger partial charge in [0.1, 0.15) is 0 Å². The molecule has 1 aromatic rings. The largest absolute Gasteiger partial charge is 0.480 e. The first-order chi connectivity index (χ1) is 8.30. The molecule has 18 heavy (non-hydrogen) atoms. The number of halogens is 3. The topological polar surface area (TPSA) is 66.7 Å². The first-order valence-electron chi connectivity index (χ1n) is 4.83. The van der Waals surface area contributed by atoms with Crippen molar-refractivity contribution >= 4 is 23.7 Å². The van der Waals surface area contributed by atoms with E-state index in [1.807, 2.05) is 0 Å². The molecule has 1 aromatic carbocycles. The van der Waals surface area contributed by atoms with Crippen LogP contribution in [0.2, 0.25) is 0 Å². The number of carbonyl (C=O) groups excluding carboxylic acids is 1. The van der Waals surface area contributed by atoms with Crippen LogP contribution in [0.3, 0.4) is 0 Å². The van der Waals surface area contributed by atoms with E-state index in [1.54, 1.807) is 0 Å². The summed E-state index contributed by atoms with van der Waals surface area (Å²) in [5.41, 5.74) is -1.28. The molecule has 0 spiro atoms. The van der Waals surface area contributed by atoms with Gasteiger partial charge in [-0.1, -0.05) is 0 Å². The van der Waals surface area contributed by atoms with Crippen molar-refractivity contribution in [2.45, 2.75) is 6.18 Å². The maximum Gasteiger partial charge on any atom is 0.416 e. The van der Waals surface area contributed by atoms with Crippen molar-refractivity contribution in [2.75, 3.05) is 0 Å². The molecule has 7 heteroatoms. The van der Waals surface area contributed by atoms with Gasteiger partial charge in [0.2, 0.25) is 0 Å². The highest BCUT2D eigenvalue weighted by Crippen LogP contribution is 2.34. The van der Waals surface area contributed by atoms with Crippen molar-refractivity contribution in [3.8, 4) is 0 Å². The second-order valence-corrected chi connectivity index (χ2v) is 3.69. The second-order valence-electron chi connectivity index (χ2n) is 3.69. The molecular formula is C11H6F3NO3. The molecule has 2 rings (SSSR count). The van der Waals surface area contributed by atoms with Crippen LogP contribution >= 0.6 is 0 Å². The zero-order chi connectivity index (χ0) is 13.5. The molecule has 4 nitrogen and oxygen atoms in total. The first kappa shape index (κ1) is 12.3. The number of carbonyl (C=O) groups is 2. The highest BCUT2D eigenvalue weighted by molar-refractivity contribution is 6.22. The van der Waals surface area contributed by atoms with E-state index in [0.29, 0.717) is 6.07 Å². The average Bonchev–Trinajstić information content (AvgIpc) is 2.27. The van der Waals surface area contributed by atoms with Crippen LogP contribution in [0.25, 0.3) is 0 Å². The number of rotatable bonds is 1. The number of fused-ring (bicyclic) bond motifs is 1. The Kier molecular flexibility index (Phi) is 2.68. The summed E-state index contributed by atoms with van der Waals surface area (Å²) in [4.78, 5) is 26.1. The smallest absolute Gasteiger partial charge is 0.416 e. The minimum absolute atomic E-state index is 0.0468. The molecule has 0 radical (unpaired) electrons. The summed E-state index contributed by atoms with van der Waals surface area (Å²) in [6.07, 6.45) is -3.67. The lowest BCUT2D eigenvalue weighted by molar-refractivity contribution is -0.138. The number of Topliss-reactive ketones (excluding diaryl/α,β-unsaturated/α-hetero) is 1. The van der Waals surface area contributed by atoms with E-state index in [4.69, 9.17) is 5.11 Å². The highest BCUT2D eigenvalue weighted by atomic mass is 19.4. The van der Waals surface area contributed by atoms with E-state index in [-0.39, 0.29) is 11.3 Å². The number of carboxylic acid groups (broad SMARTS) is 1. The molecule has 1 atom stereocenters. The number of hydrogen-bond acceptors (Lipinski definition) is 3. The van der Waals surface area contributed by atoms with Crippen LogP contribution in [0.1, 0.15) is 15.9 Å². The quantitative estimate of drug-likeness (QED) is 0.785. The summed E-state index contributed by atoms with van der Waals surface area (Å²) < 4.78 is 37.4. The highest BCUT2D eigenvalue weighted by Gasteiger charge is 2.35. The fourth-order valence-electron chi connectivity index (χ4n) is 1.59. The summed E-state index contributed by atoms with van der Waals surface area (Å²) in [7, 11) is 0. The van der Waals surface area contributed by atoms with Crippen molar-refractivity contribution in [2.24, 2.45) is 10.9 Å².